The first-order valence-corrected chi connectivity index (χ1v) is 24.3. The van der Waals surface area contributed by atoms with E-state index in [-0.39, 0.29) is 36.9 Å². The molecule has 1 radical (unpaired) electrons. The Morgan fingerprint density at radius 2 is 1.57 bits per heavy atom. The fraction of sp³-hybridized carbons (Fsp3) is 0.298. The molecule has 0 N–H and O–H groups in total. The zero-order valence-corrected chi connectivity index (χ0v) is 35.0. The molecular formula is C47H51GeIrN3O-2. The molecule has 7 aromatic rings. The van der Waals surface area contributed by atoms with E-state index < -0.39 is 69.3 Å². The Hall–Kier alpha value is -3.90. The van der Waals surface area contributed by atoms with E-state index in [2.05, 4.69) is 44.4 Å². The van der Waals surface area contributed by atoms with Crippen LogP contribution in [0, 0.1) is 17.5 Å². The van der Waals surface area contributed by atoms with Gasteiger partial charge in [0.1, 0.15) is 5.58 Å². The maximum atomic E-state index is 8.76. The molecule has 3 aromatic carbocycles. The third-order valence-corrected chi connectivity index (χ3v) is 12.6. The van der Waals surface area contributed by atoms with Gasteiger partial charge in [-0.3, -0.25) is 4.98 Å². The summed E-state index contributed by atoms with van der Waals surface area (Å²) in [4.78, 5) is 13.4. The average Bonchev–Trinajstić information content (AvgIpc) is 3.61. The minimum atomic E-state index is -3.91. The molecule has 4 nitrogen and oxygen atoms in total. The summed E-state index contributed by atoms with van der Waals surface area (Å²) < 4.78 is 131. The van der Waals surface area contributed by atoms with Crippen molar-refractivity contribution < 1.29 is 45.1 Å². The Kier molecular flexibility index (Phi) is 7.69. The van der Waals surface area contributed by atoms with Crippen molar-refractivity contribution in [2.24, 2.45) is 5.41 Å². The molecule has 53 heavy (non-hydrogen) atoms. The summed E-state index contributed by atoms with van der Waals surface area (Å²) in [5.74, 6) is 6.86. The molecule has 0 aliphatic heterocycles. The minimum absolute atomic E-state index is 0. The molecule has 0 unspecified atom stereocenters. The van der Waals surface area contributed by atoms with Gasteiger partial charge in [0.15, 0.2) is 0 Å². The second-order valence-electron chi connectivity index (χ2n) is 14.6. The number of aromatic nitrogens is 3. The fourth-order valence-electron chi connectivity index (χ4n) is 5.83. The van der Waals surface area contributed by atoms with Crippen LogP contribution in [0.4, 0.5) is 0 Å². The number of furan rings is 1. The Labute approximate surface area is 353 Å². The smallest absolute Gasteiger partial charge is 0 e. The van der Waals surface area contributed by atoms with Crippen molar-refractivity contribution in [3.63, 3.8) is 0 Å². The van der Waals surface area contributed by atoms with Gasteiger partial charge in [0.05, 0.1) is 11.1 Å². The van der Waals surface area contributed by atoms with Crippen LogP contribution in [0.15, 0.2) is 114 Å². The zero-order chi connectivity index (χ0) is 50.0. The second kappa shape index (κ2) is 16.6. The summed E-state index contributed by atoms with van der Waals surface area (Å²) in [5.41, 5.74) is 0.490. The van der Waals surface area contributed by atoms with Crippen LogP contribution >= 0.6 is 0 Å². The van der Waals surface area contributed by atoms with Crippen LogP contribution in [0.3, 0.4) is 0 Å². The average molecular weight is 954 g/mol. The van der Waals surface area contributed by atoms with E-state index >= 15 is 0 Å². The van der Waals surface area contributed by atoms with Gasteiger partial charge >= 0.3 is 135 Å². The van der Waals surface area contributed by atoms with Crippen molar-refractivity contribution in [1.82, 2.24) is 15.0 Å². The number of fused-ring (bicyclic) bond motifs is 3. The summed E-state index contributed by atoms with van der Waals surface area (Å²) in [7, 11) is 0. The number of nitrogens with zero attached hydrogens (tertiary/aromatic N) is 3. The molecule has 0 bridgehead atoms. The molecule has 0 amide bonds. The van der Waals surface area contributed by atoms with Gasteiger partial charge in [-0.1, -0.05) is 62.5 Å². The summed E-state index contributed by atoms with van der Waals surface area (Å²) in [5, 5.41) is 0.540. The number of pyridine rings is 3. The fourth-order valence-corrected chi connectivity index (χ4v) is 8.75. The predicted octanol–water partition coefficient (Wildman–Crippen LogP) is 12.3. The van der Waals surface area contributed by atoms with Gasteiger partial charge in [0.25, 0.3) is 0 Å². The maximum Gasteiger partial charge on any atom is 0 e. The normalized spacial score (nSPS) is 17.7. The van der Waals surface area contributed by atoms with Gasteiger partial charge < -0.3 is 9.40 Å². The topological polar surface area (TPSA) is 51.8 Å². The number of rotatable bonds is 8. The van der Waals surface area contributed by atoms with Gasteiger partial charge in [0, 0.05) is 55.9 Å². The molecule has 0 atom stereocenters. The SMILES string of the molecule is [2H]C([2H])([2H])C([2H])([2H])C(c1ccnc(-c2[c-]ccc3c2oc2cc(-c4ccccc4)cnc23)c1)(C([2H])([2H])[2H])C([2H])([2H])C([2H])([2H])[2H].[2H]C([2H])(c1cc(-c2[c-]cccc2)nc[c]1[Ge]([CH3])([CH3])[CH3])C(C)(C)C.[Ir]. The Morgan fingerprint density at radius 1 is 0.792 bits per heavy atom. The van der Waals surface area contributed by atoms with E-state index in [9.17, 15) is 0 Å². The van der Waals surface area contributed by atoms with E-state index in [0.29, 0.717) is 16.5 Å². The Bertz CT molecular complexity index is 2860. The minimum Gasteiger partial charge on any atom is 0 e. The van der Waals surface area contributed by atoms with Crippen LogP contribution in [0.25, 0.3) is 55.7 Å². The Balaban J connectivity index is 0.000000304. The number of hydrogen-bond donors (Lipinski definition) is 0. The van der Waals surface area contributed by atoms with Crippen molar-refractivity contribution in [3.8, 4) is 33.6 Å². The van der Waals surface area contributed by atoms with Crippen molar-refractivity contribution in [2.75, 3.05) is 0 Å². The van der Waals surface area contributed by atoms with Gasteiger partial charge in [0.2, 0.25) is 0 Å². The summed E-state index contributed by atoms with van der Waals surface area (Å²) in [6, 6.07) is 32.2. The number of hydrogen-bond acceptors (Lipinski definition) is 4. The predicted molar refractivity (Wildman–Crippen MR) is 222 cm³/mol. The molecule has 0 aliphatic rings. The third-order valence-electron chi connectivity index (χ3n) is 8.41. The van der Waals surface area contributed by atoms with E-state index in [4.69, 9.17) is 25.0 Å². The van der Waals surface area contributed by atoms with E-state index in [0.717, 1.165) is 50.7 Å². The second-order valence-corrected chi connectivity index (χ2v) is 25.2. The van der Waals surface area contributed by atoms with Crippen LogP contribution in [0.1, 0.15) is 85.8 Å². The van der Waals surface area contributed by atoms with E-state index in [1.54, 1.807) is 18.3 Å². The van der Waals surface area contributed by atoms with Gasteiger partial charge in [-0.2, -0.15) is 0 Å². The van der Waals surface area contributed by atoms with Crippen LogP contribution in [-0.2, 0) is 31.9 Å². The van der Waals surface area contributed by atoms with Crippen molar-refractivity contribution in [3.05, 3.63) is 133 Å². The molecule has 0 saturated carbocycles. The van der Waals surface area contributed by atoms with Gasteiger partial charge in [-0.15, -0.1) is 18.2 Å². The molecule has 4 aromatic heterocycles. The largest absolute Gasteiger partial charge is 0 e. The first-order valence-electron chi connectivity index (χ1n) is 24.4. The van der Waals surface area contributed by atoms with Crippen LogP contribution in [0.2, 0.25) is 17.3 Å². The molecule has 0 fully saturated rings. The van der Waals surface area contributed by atoms with Crippen LogP contribution < -0.4 is 4.40 Å². The van der Waals surface area contributed by atoms with Gasteiger partial charge in [-0.25, -0.2) is 0 Å². The van der Waals surface area contributed by atoms with Gasteiger partial charge in [-0.05, 0) is 52.5 Å². The molecule has 6 heteroatoms. The monoisotopic (exact) mass is 955 g/mol. The molecule has 0 saturated heterocycles. The number of benzene rings is 3. The maximum absolute atomic E-state index is 8.76. The first kappa shape index (κ1) is 24.5. The summed E-state index contributed by atoms with van der Waals surface area (Å²) in [6.07, 6.45) is -4.59. The quantitative estimate of drug-likeness (QED) is 0.112. The van der Waals surface area contributed by atoms with Crippen LogP contribution in [-0.4, -0.2) is 28.2 Å². The molecule has 4 heterocycles. The summed E-state index contributed by atoms with van der Waals surface area (Å²) >= 11 is -2.24. The van der Waals surface area contributed by atoms with E-state index in [1.165, 1.54) is 6.07 Å². The Morgan fingerprint density at radius 3 is 2.25 bits per heavy atom. The van der Waals surface area contributed by atoms with E-state index in [1.807, 2.05) is 87.6 Å². The molecule has 275 valence electrons. The van der Waals surface area contributed by atoms with Crippen molar-refractivity contribution >= 4 is 39.7 Å². The van der Waals surface area contributed by atoms with Crippen molar-refractivity contribution in [1.29, 1.82) is 0 Å². The molecular weight excluding hydrogens is 887 g/mol. The molecule has 0 spiro atoms. The molecule has 0 aliphatic carbocycles. The summed E-state index contributed by atoms with van der Waals surface area (Å²) in [6.45, 7) is -5.44. The first-order chi connectivity index (χ1) is 30.7. The zero-order valence-electron chi connectivity index (χ0n) is 45.5. The van der Waals surface area contributed by atoms with Crippen LogP contribution in [0.5, 0.6) is 0 Å². The third kappa shape index (κ3) is 9.26. The standard InChI is InChI=1S/C28H25N2O.C19H26GeN.Ir/c1-4-28(3,5-2)21-14-15-29-24(17-21)22-12-9-13-23-26-25(31-27(22)23)16-20(18-30-26)19-10-7-6-8-11-19;1-19(2,3)13-16-12-18(15-10-8-7-9-11-15)21-14-17(16)20(4,5)6;/h6-11,13-18H,4-5H2,1-3H3;7-10,12,14H,13H2,1-6H3;/q2*-1;/i1D3,2D3,3D3,4D2,5D2;13D2;. The van der Waals surface area contributed by atoms with Crippen molar-refractivity contribution in [2.45, 2.75) is 83.1 Å². The molecule has 7 rings (SSSR count).